The summed E-state index contributed by atoms with van der Waals surface area (Å²) >= 11 is 5.92. The van der Waals surface area contributed by atoms with Crippen molar-refractivity contribution in [2.45, 2.75) is 58.7 Å². The molecule has 0 radical (unpaired) electrons. The van der Waals surface area contributed by atoms with Crippen LogP contribution < -0.4 is 16.0 Å². The number of carbonyl (C=O) groups excluding carboxylic acids is 2. The minimum Gasteiger partial charge on any atom is -0.444 e. The summed E-state index contributed by atoms with van der Waals surface area (Å²) in [7, 11) is 0. The van der Waals surface area contributed by atoms with Crippen molar-refractivity contribution in [3.8, 4) is 11.1 Å². The number of pyridine rings is 1. The minimum atomic E-state index is -0.499. The molecule has 3 amide bonds. The number of nitrogens with zero attached hydrogens (tertiary/aromatic N) is 2. The smallest absolute Gasteiger partial charge is 0.407 e. The topological polar surface area (TPSA) is 95.6 Å². The van der Waals surface area contributed by atoms with Crippen LogP contribution in [0.3, 0.4) is 0 Å². The molecule has 1 aliphatic rings. The molecule has 1 aromatic heterocycles. The van der Waals surface area contributed by atoms with Crippen LogP contribution in [-0.2, 0) is 11.3 Å². The van der Waals surface area contributed by atoms with Crippen LogP contribution in [0.1, 0.15) is 44.7 Å². The van der Waals surface area contributed by atoms with E-state index in [0.717, 1.165) is 54.4 Å². The van der Waals surface area contributed by atoms with E-state index in [2.05, 4.69) is 44.9 Å². The first-order valence-electron chi connectivity index (χ1n) is 14.6. The maximum Gasteiger partial charge on any atom is 0.407 e. The molecule has 1 aliphatic heterocycles. The van der Waals surface area contributed by atoms with Gasteiger partial charge in [0.1, 0.15) is 5.60 Å². The summed E-state index contributed by atoms with van der Waals surface area (Å²) < 4.78 is 5.42. The lowest BCUT2D eigenvalue weighted by atomic mass is 9.96. The third-order valence-corrected chi connectivity index (χ3v) is 7.73. The van der Waals surface area contributed by atoms with Crippen molar-refractivity contribution < 1.29 is 14.3 Å². The van der Waals surface area contributed by atoms with Crippen LogP contribution >= 0.6 is 11.6 Å². The van der Waals surface area contributed by atoms with E-state index in [9.17, 15) is 9.59 Å². The number of nitrogens with one attached hydrogen (secondary N) is 3. The molecule has 5 rings (SSSR count). The normalized spacial score (nSPS) is 14.3. The highest BCUT2D eigenvalue weighted by Crippen LogP contribution is 2.31. The quantitative estimate of drug-likeness (QED) is 0.209. The molecule has 0 saturated carbocycles. The van der Waals surface area contributed by atoms with Crippen LogP contribution in [0.15, 0.2) is 73.1 Å². The highest BCUT2D eigenvalue weighted by molar-refractivity contribution is 6.30. The SMILES string of the molecule is Cc1cc2cncc(-c3ccc(NC(=O)Nc4ccc(Cl)cc4)cc3)c2cc1CN1CCC(NC(=O)OC(C)(C)C)CC1. The number of fused-ring (bicyclic) bond motifs is 1. The van der Waals surface area contributed by atoms with Gasteiger partial charge in [-0.05, 0) is 111 Å². The third-order valence-electron chi connectivity index (χ3n) is 7.47. The Kier molecular flexibility index (Phi) is 9.18. The van der Waals surface area contributed by atoms with Gasteiger partial charge < -0.3 is 20.7 Å². The van der Waals surface area contributed by atoms with Crippen LogP contribution in [0.4, 0.5) is 21.0 Å². The fourth-order valence-corrected chi connectivity index (χ4v) is 5.41. The highest BCUT2D eigenvalue weighted by atomic mass is 35.5. The number of likely N-dealkylation sites (tertiary alicyclic amines) is 1. The van der Waals surface area contributed by atoms with E-state index in [-0.39, 0.29) is 18.2 Å². The van der Waals surface area contributed by atoms with Crippen LogP contribution in [0.5, 0.6) is 0 Å². The Labute approximate surface area is 257 Å². The number of aryl methyl sites for hydroxylation is 1. The van der Waals surface area contributed by atoms with Gasteiger partial charge in [0.2, 0.25) is 0 Å². The van der Waals surface area contributed by atoms with E-state index < -0.39 is 5.60 Å². The molecule has 8 nitrogen and oxygen atoms in total. The standard InChI is InChI=1S/C34H38ClN5O3/c1-22-17-24-19-36-20-31(23-5-9-27(10-6-23)37-32(41)38-28-11-7-26(35)8-12-28)30(24)18-25(22)21-40-15-13-29(14-16-40)39-33(42)43-34(2,3)4/h5-12,17-20,29H,13-16,21H2,1-4H3,(H,39,42)(H2,37,38,41). The lowest BCUT2D eigenvalue weighted by molar-refractivity contribution is 0.0477. The number of hydrogen-bond acceptors (Lipinski definition) is 5. The maximum atomic E-state index is 12.5. The van der Waals surface area contributed by atoms with Crippen LogP contribution in [-0.4, -0.2) is 46.7 Å². The lowest BCUT2D eigenvalue weighted by Gasteiger charge is -2.33. The molecule has 224 valence electrons. The first kappa shape index (κ1) is 30.3. The fraction of sp³-hybridized carbons (Fsp3) is 0.324. The Hall–Kier alpha value is -4.14. The Balaban J connectivity index is 1.24. The van der Waals surface area contributed by atoms with Crippen LogP contribution in [0, 0.1) is 6.92 Å². The number of aromatic nitrogens is 1. The number of carbonyl (C=O) groups is 2. The zero-order valence-electron chi connectivity index (χ0n) is 25.0. The van der Waals surface area contributed by atoms with Gasteiger partial charge in [0, 0.05) is 65.4 Å². The number of hydrogen-bond donors (Lipinski definition) is 3. The highest BCUT2D eigenvalue weighted by Gasteiger charge is 2.24. The second kappa shape index (κ2) is 13.0. The lowest BCUT2D eigenvalue weighted by Crippen LogP contribution is -2.45. The van der Waals surface area contributed by atoms with E-state index in [1.807, 2.05) is 57.4 Å². The molecule has 0 atom stereocenters. The summed E-state index contributed by atoms with van der Waals surface area (Å²) in [5, 5.41) is 11.5. The number of piperidine rings is 1. The first-order chi connectivity index (χ1) is 20.5. The van der Waals surface area contributed by atoms with Crippen molar-refractivity contribution in [2.75, 3.05) is 23.7 Å². The molecular formula is C34H38ClN5O3. The molecule has 0 bridgehead atoms. The zero-order chi connectivity index (χ0) is 30.6. The fourth-order valence-electron chi connectivity index (χ4n) is 5.29. The minimum absolute atomic E-state index is 0.127. The van der Waals surface area contributed by atoms with Crippen LogP contribution in [0.25, 0.3) is 21.9 Å². The van der Waals surface area contributed by atoms with Crippen LogP contribution in [0.2, 0.25) is 5.02 Å². The summed E-state index contributed by atoms with van der Waals surface area (Å²) in [6.07, 6.45) is 5.23. The number of urea groups is 1. The van der Waals surface area contributed by atoms with Gasteiger partial charge in [-0.15, -0.1) is 0 Å². The molecule has 43 heavy (non-hydrogen) atoms. The average molecular weight is 600 g/mol. The monoisotopic (exact) mass is 599 g/mol. The largest absolute Gasteiger partial charge is 0.444 e. The van der Waals surface area contributed by atoms with Gasteiger partial charge >= 0.3 is 12.1 Å². The summed E-state index contributed by atoms with van der Waals surface area (Å²) in [4.78, 5) is 31.6. The average Bonchev–Trinajstić information content (AvgIpc) is 2.95. The molecule has 0 aliphatic carbocycles. The number of amides is 3. The Morgan fingerprint density at radius 1 is 0.953 bits per heavy atom. The summed E-state index contributed by atoms with van der Waals surface area (Å²) in [5.41, 5.74) is 5.41. The first-order valence-corrected chi connectivity index (χ1v) is 14.9. The third kappa shape index (κ3) is 8.24. The molecule has 2 heterocycles. The van der Waals surface area contributed by atoms with Gasteiger partial charge in [0.25, 0.3) is 0 Å². The molecule has 0 unspecified atom stereocenters. The van der Waals surface area contributed by atoms with Crippen molar-refractivity contribution in [3.63, 3.8) is 0 Å². The van der Waals surface area contributed by atoms with Crippen molar-refractivity contribution in [3.05, 3.63) is 89.2 Å². The number of ether oxygens (including phenoxy) is 1. The van der Waals surface area contributed by atoms with Gasteiger partial charge in [0.15, 0.2) is 0 Å². The molecule has 3 N–H and O–H groups in total. The molecule has 1 saturated heterocycles. The summed E-state index contributed by atoms with van der Waals surface area (Å²) in [6, 6.07) is 19.0. The molecule has 3 aromatic carbocycles. The van der Waals surface area contributed by atoms with Gasteiger partial charge in [-0.25, -0.2) is 9.59 Å². The molecule has 0 spiro atoms. The van der Waals surface area contributed by atoms with Crippen molar-refractivity contribution in [2.24, 2.45) is 0 Å². The molecular weight excluding hydrogens is 562 g/mol. The number of benzene rings is 3. The molecule has 4 aromatic rings. The summed E-state index contributed by atoms with van der Waals surface area (Å²) in [6.45, 7) is 10.4. The maximum absolute atomic E-state index is 12.5. The Morgan fingerprint density at radius 3 is 2.21 bits per heavy atom. The van der Waals surface area contributed by atoms with Crippen molar-refractivity contribution in [1.29, 1.82) is 0 Å². The summed E-state index contributed by atoms with van der Waals surface area (Å²) in [5.74, 6) is 0. The predicted molar refractivity (Wildman–Crippen MR) is 174 cm³/mol. The Morgan fingerprint density at radius 2 is 1.58 bits per heavy atom. The van der Waals surface area contributed by atoms with E-state index >= 15 is 0 Å². The van der Waals surface area contributed by atoms with Crippen molar-refractivity contribution in [1.82, 2.24) is 15.2 Å². The van der Waals surface area contributed by atoms with Gasteiger partial charge in [-0.1, -0.05) is 23.7 Å². The van der Waals surface area contributed by atoms with E-state index in [1.54, 1.807) is 24.3 Å². The second-order valence-electron chi connectivity index (χ2n) is 12.0. The van der Waals surface area contributed by atoms with Gasteiger partial charge in [0.05, 0.1) is 0 Å². The number of anilines is 2. The predicted octanol–water partition coefficient (Wildman–Crippen LogP) is 8.00. The molecule has 1 fully saturated rings. The zero-order valence-corrected chi connectivity index (χ0v) is 25.8. The second-order valence-corrected chi connectivity index (χ2v) is 12.5. The van der Waals surface area contributed by atoms with Gasteiger partial charge in [-0.3, -0.25) is 9.88 Å². The van der Waals surface area contributed by atoms with E-state index in [4.69, 9.17) is 16.3 Å². The van der Waals surface area contributed by atoms with E-state index in [0.29, 0.717) is 16.4 Å². The van der Waals surface area contributed by atoms with Gasteiger partial charge in [-0.2, -0.15) is 0 Å². The number of halogens is 1. The van der Waals surface area contributed by atoms with Crippen molar-refractivity contribution >= 4 is 45.9 Å². The number of alkyl carbamates (subject to hydrolysis) is 1. The Bertz CT molecular complexity index is 1590. The molecule has 9 heteroatoms. The van der Waals surface area contributed by atoms with E-state index in [1.165, 1.54) is 11.1 Å². The number of rotatable bonds is 6.